The zero-order valence-corrected chi connectivity index (χ0v) is 12.9. The summed E-state index contributed by atoms with van der Waals surface area (Å²) in [6, 6.07) is -0.192. The molecule has 0 atom stereocenters. The van der Waals surface area contributed by atoms with Crippen LogP contribution < -0.4 is 21.8 Å². The van der Waals surface area contributed by atoms with E-state index in [0.717, 1.165) is 23.4 Å². The lowest BCUT2D eigenvalue weighted by atomic mass is 10.1. The third-order valence-electron chi connectivity index (χ3n) is 3.55. The number of rotatable bonds is 5. The molecule has 0 radical (unpaired) electrons. The van der Waals surface area contributed by atoms with E-state index in [4.69, 9.17) is 15.9 Å². The third kappa shape index (κ3) is 2.78. The van der Waals surface area contributed by atoms with E-state index in [1.165, 1.54) is 39.2 Å². The number of hydrazine groups is 3. The summed E-state index contributed by atoms with van der Waals surface area (Å²) < 4.78 is 5.43. The van der Waals surface area contributed by atoms with E-state index in [1.807, 2.05) is 0 Å². The fraction of sp³-hybridized carbons (Fsp3) is 0.385. The van der Waals surface area contributed by atoms with Crippen molar-refractivity contribution >= 4 is 28.3 Å². The van der Waals surface area contributed by atoms with Gasteiger partial charge in [0.05, 0.1) is 0 Å². The molecule has 2 fully saturated rings. The lowest BCUT2D eigenvalue weighted by Gasteiger charge is -2.15. The predicted octanol–water partition coefficient (Wildman–Crippen LogP) is 1.39. The average molecular weight is 322 g/mol. The topological polar surface area (TPSA) is 107 Å². The lowest BCUT2D eigenvalue weighted by Crippen LogP contribution is -2.37. The van der Waals surface area contributed by atoms with Crippen molar-refractivity contribution in [3.05, 3.63) is 28.8 Å². The van der Waals surface area contributed by atoms with Crippen LogP contribution in [0, 0.1) is 5.41 Å². The molecule has 1 saturated heterocycles. The molecule has 1 aromatic heterocycles. The summed E-state index contributed by atoms with van der Waals surface area (Å²) in [5.74, 6) is 0.531. The Morgan fingerprint density at radius 3 is 2.95 bits per heavy atom. The minimum Gasteiger partial charge on any atom is -0.473 e. The number of hydrogen-bond acceptors (Lipinski definition) is 7. The first-order valence-electron chi connectivity index (χ1n) is 6.90. The van der Waals surface area contributed by atoms with Crippen molar-refractivity contribution in [3.63, 3.8) is 0 Å². The molecule has 8 nitrogen and oxygen atoms in total. The Bertz CT molecular complexity index is 624. The van der Waals surface area contributed by atoms with E-state index in [2.05, 4.69) is 16.4 Å². The summed E-state index contributed by atoms with van der Waals surface area (Å²) in [4.78, 5) is 12.1. The van der Waals surface area contributed by atoms with Crippen molar-refractivity contribution in [2.75, 3.05) is 12.1 Å². The van der Waals surface area contributed by atoms with Crippen molar-refractivity contribution < 1.29 is 9.53 Å². The molecule has 5 N–H and O–H groups in total. The number of hydrogen-bond donors (Lipinski definition) is 4. The van der Waals surface area contributed by atoms with Crippen LogP contribution >= 0.6 is 11.3 Å². The van der Waals surface area contributed by atoms with Crippen LogP contribution in [-0.4, -0.2) is 24.0 Å². The van der Waals surface area contributed by atoms with Gasteiger partial charge in [0.15, 0.2) is 0 Å². The van der Waals surface area contributed by atoms with Gasteiger partial charge in [-0.3, -0.25) is 5.41 Å². The Hall–Kier alpha value is -2.10. The molecule has 1 aliphatic carbocycles. The Balaban J connectivity index is 1.84. The zero-order valence-electron chi connectivity index (χ0n) is 12.1. The molecular formula is C13H18N6O2S. The van der Waals surface area contributed by atoms with Gasteiger partial charge in [0.1, 0.15) is 11.6 Å². The monoisotopic (exact) mass is 322 g/mol. The maximum Gasteiger partial charge on any atom is 0.356 e. The molecule has 9 heteroatoms. The molecule has 0 unspecified atom stereocenters. The van der Waals surface area contributed by atoms with Crippen molar-refractivity contribution in [2.45, 2.75) is 25.4 Å². The first-order valence-corrected chi connectivity index (χ1v) is 7.78. The van der Waals surface area contributed by atoms with Gasteiger partial charge in [-0.2, -0.15) is 5.01 Å². The van der Waals surface area contributed by atoms with E-state index in [1.54, 1.807) is 7.05 Å². The number of urea groups is 1. The second kappa shape index (κ2) is 5.95. The van der Waals surface area contributed by atoms with Crippen LogP contribution in [0.2, 0.25) is 0 Å². The average Bonchev–Trinajstić information content (AvgIpc) is 3.18. The standard InChI is InChI=1S/C13H18N6O2S/c1-18-13(20)19(17-16-18)12-9(6-21-11(15)4-5-14)10(7-22-12)8-2-3-8/h4-5,7-8,15-17H,2-3,6,14H2,1H3/b5-4-,15-11?. The Kier molecular flexibility index (Phi) is 4.01. The highest BCUT2D eigenvalue weighted by molar-refractivity contribution is 7.14. The molecule has 2 heterocycles. The Morgan fingerprint density at radius 2 is 2.36 bits per heavy atom. The highest BCUT2D eigenvalue weighted by Crippen LogP contribution is 2.47. The van der Waals surface area contributed by atoms with Gasteiger partial charge in [-0.05, 0) is 35.9 Å². The van der Waals surface area contributed by atoms with Gasteiger partial charge in [-0.15, -0.1) is 22.4 Å². The Morgan fingerprint density at radius 1 is 1.59 bits per heavy atom. The number of nitrogens with one attached hydrogen (secondary N) is 3. The fourth-order valence-corrected chi connectivity index (χ4v) is 3.37. The van der Waals surface area contributed by atoms with E-state index in [0.29, 0.717) is 5.92 Å². The quantitative estimate of drug-likeness (QED) is 0.484. The summed E-state index contributed by atoms with van der Waals surface area (Å²) in [5.41, 5.74) is 13.0. The minimum atomic E-state index is -0.192. The number of ether oxygens (including phenoxy) is 1. The SMILES string of the molecule is CN1NNN(c2scc(C3CC3)c2COC(=N)/C=C\N)C1=O. The maximum atomic E-state index is 12.1. The molecule has 22 heavy (non-hydrogen) atoms. The van der Waals surface area contributed by atoms with E-state index < -0.39 is 0 Å². The number of thiophene rings is 1. The predicted molar refractivity (Wildman–Crippen MR) is 84.0 cm³/mol. The van der Waals surface area contributed by atoms with Crippen molar-refractivity contribution in [2.24, 2.45) is 5.73 Å². The third-order valence-corrected chi connectivity index (χ3v) is 4.58. The van der Waals surface area contributed by atoms with Gasteiger partial charge in [0, 0.05) is 18.7 Å². The van der Waals surface area contributed by atoms with Crippen LogP contribution in [0.5, 0.6) is 0 Å². The van der Waals surface area contributed by atoms with Crippen LogP contribution in [0.15, 0.2) is 17.7 Å². The van der Waals surface area contributed by atoms with Crippen molar-refractivity contribution in [1.82, 2.24) is 16.1 Å². The number of nitrogens with two attached hydrogens (primary N) is 1. The summed E-state index contributed by atoms with van der Waals surface area (Å²) >= 11 is 1.50. The molecule has 0 aromatic carbocycles. The zero-order chi connectivity index (χ0) is 15.7. The number of amides is 2. The second-order valence-electron chi connectivity index (χ2n) is 5.16. The highest BCUT2D eigenvalue weighted by atomic mass is 32.1. The number of carbonyl (C=O) groups excluding carboxylic acids is 1. The molecule has 1 aromatic rings. The van der Waals surface area contributed by atoms with E-state index >= 15 is 0 Å². The summed E-state index contributed by atoms with van der Waals surface area (Å²) in [6.45, 7) is 0.239. The molecular weight excluding hydrogens is 304 g/mol. The number of anilines is 1. The summed E-state index contributed by atoms with van der Waals surface area (Å²) in [6.07, 6.45) is 4.96. The fourth-order valence-electron chi connectivity index (χ4n) is 2.25. The largest absolute Gasteiger partial charge is 0.473 e. The van der Waals surface area contributed by atoms with Gasteiger partial charge >= 0.3 is 6.03 Å². The molecule has 1 aliphatic heterocycles. The molecule has 1 saturated carbocycles. The van der Waals surface area contributed by atoms with Crippen LogP contribution in [0.25, 0.3) is 0 Å². The van der Waals surface area contributed by atoms with Crippen molar-refractivity contribution in [1.29, 1.82) is 5.41 Å². The van der Waals surface area contributed by atoms with Gasteiger partial charge in [-0.25, -0.2) is 9.80 Å². The summed E-state index contributed by atoms with van der Waals surface area (Å²) in [7, 11) is 1.64. The smallest absolute Gasteiger partial charge is 0.356 e. The van der Waals surface area contributed by atoms with Gasteiger partial charge in [0.25, 0.3) is 0 Å². The first-order chi connectivity index (χ1) is 10.6. The molecule has 2 amide bonds. The lowest BCUT2D eigenvalue weighted by molar-refractivity contribution is 0.214. The second-order valence-corrected chi connectivity index (χ2v) is 6.02. The van der Waals surface area contributed by atoms with Gasteiger partial charge in [0.2, 0.25) is 5.90 Å². The molecule has 0 bridgehead atoms. The van der Waals surface area contributed by atoms with Gasteiger partial charge in [-0.1, -0.05) is 0 Å². The van der Waals surface area contributed by atoms with Crippen LogP contribution in [-0.2, 0) is 11.3 Å². The van der Waals surface area contributed by atoms with Crippen molar-refractivity contribution in [3.8, 4) is 0 Å². The maximum absolute atomic E-state index is 12.1. The number of carbonyl (C=O) groups is 1. The normalized spacial score (nSPS) is 18.5. The van der Waals surface area contributed by atoms with Crippen LogP contribution in [0.4, 0.5) is 9.80 Å². The summed E-state index contributed by atoms with van der Waals surface area (Å²) in [5, 5.41) is 13.3. The highest BCUT2D eigenvalue weighted by Gasteiger charge is 2.34. The molecule has 2 aliphatic rings. The first kappa shape index (κ1) is 14.8. The van der Waals surface area contributed by atoms with Crippen LogP contribution in [0.1, 0.15) is 29.9 Å². The van der Waals surface area contributed by atoms with Crippen LogP contribution in [0.3, 0.4) is 0 Å². The van der Waals surface area contributed by atoms with E-state index in [9.17, 15) is 4.79 Å². The Labute approximate surface area is 131 Å². The van der Waals surface area contributed by atoms with E-state index in [-0.39, 0.29) is 18.5 Å². The molecule has 118 valence electrons. The molecule has 0 spiro atoms. The molecule has 3 rings (SSSR count). The van der Waals surface area contributed by atoms with Gasteiger partial charge < -0.3 is 10.5 Å². The number of nitrogens with zero attached hydrogens (tertiary/aromatic N) is 2. The minimum absolute atomic E-state index is 0.00246.